The molecule has 0 atom stereocenters. The molecule has 1 saturated carbocycles. The number of carbonyl (C=O) groups excluding carboxylic acids is 2. The highest BCUT2D eigenvalue weighted by molar-refractivity contribution is 5.82. The highest BCUT2D eigenvalue weighted by atomic mass is 16.5. The van der Waals surface area contributed by atoms with Crippen LogP contribution in [0.15, 0.2) is 0 Å². The van der Waals surface area contributed by atoms with E-state index in [4.69, 9.17) is 14.2 Å². The van der Waals surface area contributed by atoms with Crippen LogP contribution in [-0.2, 0) is 23.8 Å². The third-order valence-corrected chi connectivity index (χ3v) is 4.93. The molecule has 1 amide bonds. The number of ketones is 1. The quantitative estimate of drug-likeness (QED) is 0.465. The van der Waals surface area contributed by atoms with E-state index in [0.717, 1.165) is 25.7 Å². The molecule has 0 bridgehead atoms. The Labute approximate surface area is 164 Å². The lowest BCUT2D eigenvalue weighted by Crippen LogP contribution is -2.33. The zero-order chi connectivity index (χ0) is 20.1. The molecule has 0 heterocycles. The fraction of sp³-hybridized carbons (Fsp3) is 0.905. The normalized spacial score (nSPS) is 20.2. The molecule has 0 saturated heterocycles. The van der Waals surface area contributed by atoms with Crippen LogP contribution in [0.4, 0.5) is 0 Å². The average Bonchev–Trinajstić information content (AvgIpc) is 2.64. The number of hydrogen-bond acceptors (Lipinski definition) is 5. The molecule has 0 radical (unpaired) electrons. The lowest BCUT2D eigenvalue weighted by molar-refractivity contribution is -0.127. The van der Waals surface area contributed by atoms with Gasteiger partial charge in [-0.15, -0.1) is 0 Å². The molecule has 6 heteroatoms. The third-order valence-electron chi connectivity index (χ3n) is 4.93. The van der Waals surface area contributed by atoms with E-state index >= 15 is 0 Å². The molecule has 1 rings (SSSR count). The Bertz CT molecular complexity index is 417. The lowest BCUT2D eigenvalue weighted by atomic mass is 9.78. The minimum Gasteiger partial charge on any atom is -0.379 e. The standard InChI is InChI=1S/C21H39NO5/c1-16(2)21(24)19-7-5-18(6-8-19)15-22-20(23)9-10-25-11-12-26-13-14-27-17(3)4/h16-19H,5-15H2,1-4H3,(H,22,23). The summed E-state index contributed by atoms with van der Waals surface area (Å²) < 4.78 is 16.2. The zero-order valence-electron chi connectivity index (χ0n) is 17.6. The fourth-order valence-corrected chi connectivity index (χ4v) is 3.30. The smallest absolute Gasteiger partial charge is 0.222 e. The summed E-state index contributed by atoms with van der Waals surface area (Å²) in [7, 11) is 0. The first-order valence-electron chi connectivity index (χ1n) is 10.5. The molecule has 1 N–H and O–H groups in total. The topological polar surface area (TPSA) is 73.9 Å². The summed E-state index contributed by atoms with van der Waals surface area (Å²) >= 11 is 0. The van der Waals surface area contributed by atoms with Gasteiger partial charge in [0.05, 0.1) is 39.1 Å². The van der Waals surface area contributed by atoms with Crippen molar-refractivity contribution in [3.05, 3.63) is 0 Å². The SMILES string of the molecule is CC(C)OCCOCCOCCC(=O)NCC1CCC(C(=O)C(C)C)CC1. The van der Waals surface area contributed by atoms with Gasteiger partial charge >= 0.3 is 0 Å². The molecule has 0 spiro atoms. The van der Waals surface area contributed by atoms with E-state index in [-0.39, 0.29) is 23.8 Å². The van der Waals surface area contributed by atoms with Gasteiger partial charge in [-0.05, 0) is 45.4 Å². The van der Waals surface area contributed by atoms with E-state index in [1.54, 1.807) is 0 Å². The van der Waals surface area contributed by atoms with Gasteiger partial charge in [0.15, 0.2) is 0 Å². The monoisotopic (exact) mass is 385 g/mol. The van der Waals surface area contributed by atoms with Crippen molar-refractivity contribution in [2.75, 3.05) is 39.6 Å². The maximum Gasteiger partial charge on any atom is 0.222 e. The van der Waals surface area contributed by atoms with Crippen molar-refractivity contribution in [1.82, 2.24) is 5.32 Å². The molecule has 1 aliphatic carbocycles. The molecule has 1 fully saturated rings. The Morgan fingerprint density at radius 3 is 2.07 bits per heavy atom. The van der Waals surface area contributed by atoms with E-state index in [1.165, 1.54) is 0 Å². The third kappa shape index (κ3) is 11.5. The first kappa shape index (κ1) is 24.1. The number of amides is 1. The van der Waals surface area contributed by atoms with Crippen LogP contribution in [0.5, 0.6) is 0 Å². The maximum atomic E-state index is 12.0. The first-order chi connectivity index (χ1) is 12.9. The summed E-state index contributed by atoms with van der Waals surface area (Å²) in [6.07, 6.45) is 4.57. The molecule has 6 nitrogen and oxygen atoms in total. The van der Waals surface area contributed by atoms with Gasteiger partial charge in [0.1, 0.15) is 5.78 Å². The van der Waals surface area contributed by atoms with Crippen LogP contribution in [0.3, 0.4) is 0 Å². The second-order valence-corrected chi connectivity index (χ2v) is 7.97. The molecule has 1 aliphatic rings. The molecular weight excluding hydrogens is 346 g/mol. The fourth-order valence-electron chi connectivity index (χ4n) is 3.30. The Morgan fingerprint density at radius 1 is 0.889 bits per heavy atom. The predicted octanol–water partition coefficient (Wildman–Crippen LogP) is 2.98. The lowest BCUT2D eigenvalue weighted by Gasteiger charge is -2.28. The van der Waals surface area contributed by atoms with Gasteiger partial charge in [0, 0.05) is 24.8 Å². The van der Waals surface area contributed by atoms with Crippen molar-refractivity contribution < 1.29 is 23.8 Å². The largest absolute Gasteiger partial charge is 0.379 e. The van der Waals surface area contributed by atoms with Crippen LogP contribution in [0.1, 0.15) is 59.8 Å². The maximum absolute atomic E-state index is 12.0. The van der Waals surface area contributed by atoms with Crippen LogP contribution in [0.2, 0.25) is 0 Å². The molecular formula is C21H39NO5. The van der Waals surface area contributed by atoms with E-state index < -0.39 is 0 Å². The predicted molar refractivity (Wildman–Crippen MR) is 106 cm³/mol. The van der Waals surface area contributed by atoms with Crippen molar-refractivity contribution in [2.24, 2.45) is 17.8 Å². The van der Waals surface area contributed by atoms with Gasteiger partial charge in [0.2, 0.25) is 5.91 Å². The molecule has 158 valence electrons. The summed E-state index contributed by atoms with van der Waals surface area (Å²) in [6, 6.07) is 0. The summed E-state index contributed by atoms with van der Waals surface area (Å²) in [5.74, 6) is 1.27. The highest BCUT2D eigenvalue weighted by Crippen LogP contribution is 2.30. The molecule has 0 unspecified atom stereocenters. The molecule has 0 aromatic carbocycles. The summed E-state index contributed by atoms with van der Waals surface area (Å²) in [6.45, 7) is 11.2. The summed E-state index contributed by atoms with van der Waals surface area (Å²) in [4.78, 5) is 23.9. The van der Waals surface area contributed by atoms with Crippen LogP contribution >= 0.6 is 0 Å². The molecule has 27 heavy (non-hydrogen) atoms. The number of Topliss-reactive ketones (excluding diaryl/α,β-unsaturated/α-hetero) is 1. The Hall–Kier alpha value is -0.980. The molecule has 0 aromatic heterocycles. The Kier molecular flexibility index (Phi) is 12.5. The summed E-state index contributed by atoms with van der Waals surface area (Å²) in [5.41, 5.74) is 0. The highest BCUT2D eigenvalue weighted by Gasteiger charge is 2.27. The Balaban J connectivity index is 1.95. The number of rotatable bonds is 14. The Morgan fingerprint density at radius 2 is 1.48 bits per heavy atom. The minimum absolute atomic E-state index is 0.0293. The van der Waals surface area contributed by atoms with Crippen molar-refractivity contribution in [3.8, 4) is 0 Å². The second-order valence-electron chi connectivity index (χ2n) is 7.97. The van der Waals surface area contributed by atoms with Crippen molar-refractivity contribution in [2.45, 2.75) is 65.9 Å². The van der Waals surface area contributed by atoms with Gasteiger partial charge in [-0.3, -0.25) is 9.59 Å². The second kappa shape index (κ2) is 14.1. The van der Waals surface area contributed by atoms with Gasteiger partial charge in [-0.2, -0.15) is 0 Å². The minimum atomic E-state index is 0.0293. The number of ether oxygens (including phenoxy) is 3. The zero-order valence-corrected chi connectivity index (χ0v) is 17.6. The van der Waals surface area contributed by atoms with Crippen molar-refractivity contribution in [3.63, 3.8) is 0 Å². The van der Waals surface area contributed by atoms with Crippen LogP contribution in [0, 0.1) is 17.8 Å². The van der Waals surface area contributed by atoms with Gasteiger partial charge in [0.25, 0.3) is 0 Å². The van der Waals surface area contributed by atoms with Crippen molar-refractivity contribution >= 4 is 11.7 Å². The molecule has 0 aliphatic heterocycles. The first-order valence-corrected chi connectivity index (χ1v) is 10.5. The average molecular weight is 386 g/mol. The van der Waals surface area contributed by atoms with Gasteiger partial charge in [-0.25, -0.2) is 0 Å². The molecule has 0 aromatic rings. The van der Waals surface area contributed by atoms with E-state index in [1.807, 2.05) is 27.7 Å². The number of carbonyl (C=O) groups is 2. The summed E-state index contributed by atoms with van der Waals surface area (Å²) in [5, 5.41) is 3.00. The van der Waals surface area contributed by atoms with Crippen LogP contribution in [-0.4, -0.2) is 57.4 Å². The van der Waals surface area contributed by atoms with E-state index in [9.17, 15) is 9.59 Å². The van der Waals surface area contributed by atoms with E-state index in [0.29, 0.717) is 57.7 Å². The van der Waals surface area contributed by atoms with E-state index in [2.05, 4.69) is 5.32 Å². The van der Waals surface area contributed by atoms with Gasteiger partial charge in [-0.1, -0.05) is 13.8 Å². The number of nitrogens with one attached hydrogen (secondary N) is 1. The van der Waals surface area contributed by atoms with Gasteiger partial charge < -0.3 is 19.5 Å². The number of hydrogen-bond donors (Lipinski definition) is 1. The van der Waals surface area contributed by atoms with Crippen LogP contribution in [0.25, 0.3) is 0 Å². The van der Waals surface area contributed by atoms with Crippen molar-refractivity contribution in [1.29, 1.82) is 0 Å². The van der Waals surface area contributed by atoms with Crippen LogP contribution < -0.4 is 5.32 Å².